The molecule has 1 fully saturated rings. The van der Waals surface area contributed by atoms with Gasteiger partial charge < -0.3 is 10.0 Å². The maximum Gasteiger partial charge on any atom is 0.401 e. The zero-order valence-electron chi connectivity index (χ0n) is 11.0. The van der Waals surface area contributed by atoms with Crippen molar-refractivity contribution in [1.29, 1.82) is 0 Å². The maximum atomic E-state index is 12.3. The van der Waals surface area contributed by atoms with Crippen molar-refractivity contribution < 1.29 is 23.1 Å². The van der Waals surface area contributed by atoms with Crippen molar-refractivity contribution in [3.8, 4) is 0 Å². The van der Waals surface area contributed by atoms with Gasteiger partial charge in [-0.1, -0.05) is 0 Å². The average Bonchev–Trinajstić information content (AvgIpc) is 2.38. The lowest BCUT2D eigenvalue weighted by molar-refractivity contribution is -0.146. The number of piperazine rings is 1. The number of nitrogens with zero attached hydrogens (tertiary/aromatic N) is 2. The lowest BCUT2D eigenvalue weighted by Gasteiger charge is -2.36. The quantitative estimate of drug-likeness (QED) is 0.893. The number of alkyl halides is 3. The molecule has 0 unspecified atom stereocenters. The fraction of sp³-hybridized carbons (Fsp3) is 0.462. The summed E-state index contributed by atoms with van der Waals surface area (Å²) < 4.78 is 37.6. The fourth-order valence-electron chi connectivity index (χ4n) is 2.30. The van der Waals surface area contributed by atoms with E-state index in [-0.39, 0.29) is 5.56 Å². The lowest BCUT2D eigenvalue weighted by Crippen LogP contribution is -2.49. The van der Waals surface area contributed by atoms with Gasteiger partial charge in [0.05, 0.1) is 17.8 Å². The molecule has 0 aromatic heterocycles. The van der Waals surface area contributed by atoms with Crippen LogP contribution in [0.25, 0.3) is 0 Å². The van der Waals surface area contributed by atoms with Crippen molar-refractivity contribution in [3.63, 3.8) is 0 Å². The Bertz CT molecular complexity index is 529. The summed E-state index contributed by atoms with van der Waals surface area (Å²) in [6.07, 6.45) is -4.17. The SMILES string of the molecule is O=C(O)c1ccc(N2CCN(CC(F)(F)F)CC2)c(Br)c1. The van der Waals surface area contributed by atoms with Gasteiger partial charge in [-0.2, -0.15) is 13.2 Å². The van der Waals surface area contributed by atoms with Gasteiger partial charge >= 0.3 is 12.1 Å². The highest BCUT2D eigenvalue weighted by Gasteiger charge is 2.32. The van der Waals surface area contributed by atoms with Gasteiger partial charge in [-0.05, 0) is 34.1 Å². The van der Waals surface area contributed by atoms with Crippen LogP contribution < -0.4 is 4.90 Å². The van der Waals surface area contributed by atoms with E-state index in [2.05, 4.69) is 15.9 Å². The summed E-state index contributed by atoms with van der Waals surface area (Å²) in [5.74, 6) is -1.02. The van der Waals surface area contributed by atoms with Crippen molar-refractivity contribution in [2.24, 2.45) is 0 Å². The van der Waals surface area contributed by atoms with Gasteiger partial charge in [-0.3, -0.25) is 4.90 Å². The standard InChI is InChI=1S/C13H14BrF3N2O2/c14-10-7-9(12(20)21)1-2-11(10)19-5-3-18(4-6-19)8-13(15,16)17/h1-2,7H,3-6,8H2,(H,20,21). The van der Waals surface area contributed by atoms with Gasteiger partial charge in [0, 0.05) is 30.7 Å². The lowest BCUT2D eigenvalue weighted by atomic mass is 10.2. The second-order valence-corrected chi connectivity index (χ2v) is 5.70. The third kappa shape index (κ3) is 4.34. The molecule has 1 aromatic carbocycles. The second-order valence-electron chi connectivity index (χ2n) is 4.85. The molecule has 8 heteroatoms. The maximum absolute atomic E-state index is 12.3. The molecule has 1 N–H and O–H groups in total. The van der Waals surface area contributed by atoms with Gasteiger partial charge in [0.2, 0.25) is 0 Å². The number of rotatable bonds is 3. The van der Waals surface area contributed by atoms with Gasteiger partial charge in [0.1, 0.15) is 0 Å². The number of anilines is 1. The fourth-order valence-corrected chi connectivity index (χ4v) is 2.93. The summed E-state index contributed by atoms with van der Waals surface area (Å²) in [7, 11) is 0. The Kier molecular flexibility index (Phi) is 4.77. The van der Waals surface area contributed by atoms with Crippen LogP contribution in [0.5, 0.6) is 0 Å². The van der Waals surface area contributed by atoms with Crippen LogP contribution in [-0.2, 0) is 0 Å². The van der Waals surface area contributed by atoms with Crippen LogP contribution in [0.3, 0.4) is 0 Å². The number of hydrogen-bond donors (Lipinski definition) is 1. The molecule has 0 bridgehead atoms. The third-order valence-corrected chi connectivity index (χ3v) is 3.95. The molecule has 0 atom stereocenters. The van der Waals surface area contributed by atoms with Crippen LogP contribution >= 0.6 is 15.9 Å². The number of aromatic carboxylic acids is 1. The zero-order valence-corrected chi connectivity index (χ0v) is 12.6. The van der Waals surface area contributed by atoms with Crippen LogP contribution in [0, 0.1) is 0 Å². The first kappa shape index (κ1) is 16.1. The molecule has 4 nitrogen and oxygen atoms in total. The molecule has 2 rings (SSSR count). The van der Waals surface area contributed by atoms with E-state index in [0.717, 1.165) is 5.69 Å². The number of carboxylic acids is 1. The predicted octanol–water partition coefficient (Wildman–Crippen LogP) is 2.83. The molecule has 1 aliphatic rings. The first-order chi connectivity index (χ1) is 9.76. The number of carboxylic acid groups (broad SMARTS) is 1. The van der Waals surface area contributed by atoms with Gasteiger partial charge in [0.25, 0.3) is 0 Å². The number of benzene rings is 1. The highest BCUT2D eigenvalue weighted by atomic mass is 79.9. The molecule has 1 heterocycles. The van der Waals surface area contributed by atoms with E-state index in [1.54, 1.807) is 6.07 Å². The largest absolute Gasteiger partial charge is 0.478 e. The van der Waals surface area contributed by atoms with Crippen molar-refractivity contribution in [2.75, 3.05) is 37.6 Å². The smallest absolute Gasteiger partial charge is 0.401 e. The third-order valence-electron chi connectivity index (χ3n) is 3.31. The number of hydrogen-bond acceptors (Lipinski definition) is 3. The summed E-state index contributed by atoms with van der Waals surface area (Å²) in [5.41, 5.74) is 0.966. The van der Waals surface area contributed by atoms with Gasteiger partial charge in [-0.25, -0.2) is 4.79 Å². The summed E-state index contributed by atoms with van der Waals surface area (Å²) in [6.45, 7) is 0.710. The summed E-state index contributed by atoms with van der Waals surface area (Å²) in [6, 6.07) is 4.66. The molecule has 1 aliphatic heterocycles. The minimum absolute atomic E-state index is 0.168. The van der Waals surface area contributed by atoms with Crippen LogP contribution in [0.2, 0.25) is 0 Å². The van der Waals surface area contributed by atoms with E-state index in [1.165, 1.54) is 17.0 Å². The predicted molar refractivity (Wildman–Crippen MR) is 75.8 cm³/mol. The molecular formula is C13H14BrF3N2O2. The second kappa shape index (κ2) is 6.23. The minimum Gasteiger partial charge on any atom is -0.478 e. The highest BCUT2D eigenvalue weighted by Crippen LogP contribution is 2.28. The van der Waals surface area contributed by atoms with E-state index < -0.39 is 18.7 Å². The molecule has 0 radical (unpaired) electrons. The summed E-state index contributed by atoms with van der Waals surface area (Å²) >= 11 is 3.32. The Balaban J connectivity index is 2.01. The Morgan fingerprint density at radius 1 is 1.24 bits per heavy atom. The molecule has 21 heavy (non-hydrogen) atoms. The monoisotopic (exact) mass is 366 g/mol. The Labute approximate surface area is 128 Å². The molecule has 0 saturated carbocycles. The first-order valence-corrected chi connectivity index (χ1v) is 7.12. The molecule has 1 saturated heterocycles. The van der Waals surface area contributed by atoms with E-state index in [1.807, 2.05) is 4.90 Å². The summed E-state index contributed by atoms with van der Waals surface area (Å²) in [4.78, 5) is 14.2. The summed E-state index contributed by atoms with van der Waals surface area (Å²) in [5, 5.41) is 8.91. The molecular weight excluding hydrogens is 353 g/mol. The van der Waals surface area contributed by atoms with E-state index in [0.29, 0.717) is 30.7 Å². The first-order valence-electron chi connectivity index (χ1n) is 6.33. The molecule has 116 valence electrons. The van der Waals surface area contributed by atoms with Crippen LogP contribution in [0.1, 0.15) is 10.4 Å². The average molecular weight is 367 g/mol. The highest BCUT2D eigenvalue weighted by molar-refractivity contribution is 9.10. The van der Waals surface area contributed by atoms with E-state index >= 15 is 0 Å². The van der Waals surface area contributed by atoms with Gasteiger partial charge in [0.15, 0.2) is 0 Å². The topological polar surface area (TPSA) is 43.8 Å². The Hall–Kier alpha value is -1.28. The Morgan fingerprint density at radius 3 is 2.33 bits per heavy atom. The Morgan fingerprint density at radius 2 is 1.86 bits per heavy atom. The van der Waals surface area contributed by atoms with Crippen molar-refractivity contribution in [2.45, 2.75) is 6.18 Å². The number of carbonyl (C=O) groups is 1. The van der Waals surface area contributed by atoms with Crippen molar-refractivity contribution >= 4 is 27.6 Å². The minimum atomic E-state index is -4.17. The van der Waals surface area contributed by atoms with Crippen molar-refractivity contribution in [1.82, 2.24) is 4.90 Å². The van der Waals surface area contributed by atoms with Crippen LogP contribution in [0.15, 0.2) is 22.7 Å². The normalized spacial score (nSPS) is 17.0. The molecule has 1 aromatic rings. The van der Waals surface area contributed by atoms with Crippen LogP contribution in [0.4, 0.5) is 18.9 Å². The van der Waals surface area contributed by atoms with E-state index in [9.17, 15) is 18.0 Å². The van der Waals surface area contributed by atoms with E-state index in [4.69, 9.17) is 5.11 Å². The molecule has 0 aliphatic carbocycles. The molecule has 0 amide bonds. The molecule has 0 spiro atoms. The zero-order chi connectivity index (χ0) is 15.6. The van der Waals surface area contributed by atoms with Gasteiger partial charge in [-0.15, -0.1) is 0 Å². The van der Waals surface area contributed by atoms with Crippen LogP contribution in [-0.4, -0.2) is 54.9 Å². The van der Waals surface area contributed by atoms with Crippen molar-refractivity contribution in [3.05, 3.63) is 28.2 Å². The number of halogens is 4.